The quantitative estimate of drug-likeness (QED) is 0.764. The molecule has 0 radical (unpaired) electrons. The molecule has 0 heterocycles. The normalized spacial score (nSPS) is 18.0. The molecule has 1 aromatic rings. The van der Waals surface area contributed by atoms with E-state index >= 15 is 0 Å². The van der Waals surface area contributed by atoms with E-state index < -0.39 is 10.8 Å². The first-order chi connectivity index (χ1) is 10.5. The maximum absolute atomic E-state index is 9.52. The van der Waals surface area contributed by atoms with Crippen LogP contribution in [0.15, 0.2) is 28.7 Å². The Balaban J connectivity index is 2.63. The molecular weight excluding hydrogens is 340 g/mol. The number of halogens is 1. The van der Waals surface area contributed by atoms with E-state index in [2.05, 4.69) is 15.9 Å². The summed E-state index contributed by atoms with van der Waals surface area (Å²) in [5.74, 6) is 0. The van der Waals surface area contributed by atoms with E-state index in [0.717, 1.165) is 21.2 Å². The number of hydrogen-bond donors (Lipinski definition) is 0. The van der Waals surface area contributed by atoms with Gasteiger partial charge < -0.3 is 0 Å². The van der Waals surface area contributed by atoms with Gasteiger partial charge in [-0.05, 0) is 29.7 Å². The number of benzene rings is 1. The molecule has 0 fully saturated rings. The van der Waals surface area contributed by atoms with Crippen LogP contribution in [0.3, 0.4) is 0 Å². The number of nitriles is 4. The maximum atomic E-state index is 9.52. The minimum atomic E-state index is -1.66. The van der Waals surface area contributed by atoms with Crippen molar-refractivity contribution in [2.45, 2.75) is 19.8 Å². The summed E-state index contributed by atoms with van der Waals surface area (Å²) in [6.45, 7) is 1.94. The lowest BCUT2D eigenvalue weighted by Crippen LogP contribution is -2.40. The lowest BCUT2D eigenvalue weighted by Gasteiger charge is -2.35. The molecule has 0 spiro atoms. The molecule has 0 atom stereocenters. The van der Waals surface area contributed by atoms with Crippen LogP contribution < -0.4 is 0 Å². The lowest BCUT2D eigenvalue weighted by molar-refractivity contribution is 0.296. The first-order valence-corrected chi connectivity index (χ1v) is 7.38. The third-order valence-corrected chi connectivity index (χ3v) is 5.07. The number of nitrogens with zero attached hydrogens (tertiary/aromatic N) is 4. The van der Waals surface area contributed by atoms with Gasteiger partial charge in [0.15, 0.2) is 10.8 Å². The zero-order valence-electron chi connectivity index (χ0n) is 11.9. The monoisotopic (exact) mass is 350 g/mol. The van der Waals surface area contributed by atoms with Crippen molar-refractivity contribution in [1.29, 1.82) is 21.0 Å². The smallest absolute Gasteiger partial charge is 0.179 e. The van der Waals surface area contributed by atoms with E-state index in [9.17, 15) is 21.0 Å². The van der Waals surface area contributed by atoms with Crippen molar-refractivity contribution < 1.29 is 0 Å². The predicted octanol–water partition coefficient (Wildman–Crippen LogP) is 4.00. The van der Waals surface area contributed by atoms with Crippen LogP contribution in [0, 0.1) is 63.1 Å². The van der Waals surface area contributed by atoms with Crippen molar-refractivity contribution in [2.75, 3.05) is 0 Å². The summed E-state index contributed by atoms with van der Waals surface area (Å²) in [7, 11) is 0. The Morgan fingerprint density at radius 2 is 1.59 bits per heavy atom. The molecule has 0 saturated carbocycles. The molecule has 0 bridgehead atoms. The molecule has 0 N–H and O–H groups in total. The average Bonchev–Trinajstić information content (AvgIpc) is 2.56. The van der Waals surface area contributed by atoms with Crippen LogP contribution in [0.25, 0.3) is 5.57 Å². The second-order valence-electron chi connectivity index (χ2n) is 5.28. The molecule has 0 amide bonds. The standard InChI is InChI=1S/C17H11BrN4/c1-12-14(3-2-4-15(12)18)13-5-6-16(8-19,9-20)17(7-13,10-21)11-22/h2-5H,6-7H2,1H3. The van der Waals surface area contributed by atoms with Crippen LogP contribution in [0.4, 0.5) is 0 Å². The fourth-order valence-electron chi connectivity index (χ4n) is 2.72. The van der Waals surface area contributed by atoms with E-state index in [0.29, 0.717) is 0 Å². The summed E-state index contributed by atoms with van der Waals surface area (Å²) in [6.07, 6.45) is 1.94. The van der Waals surface area contributed by atoms with Crippen LogP contribution in [0.2, 0.25) is 0 Å². The van der Waals surface area contributed by atoms with Gasteiger partial charge in [-0.15, -0.1) is 0 Å². The zero-order valence-corrected chi connectivity index (χ0v) is 13.5. The van der Waals surface area contributed by atoms with Crippen molar-refractivity contribution in [3.8, 4) is 24.3 Å². The molecule has 1 aliphatic carbocycles. The van der Waals surface area contributed by atoms with Gasteiger partial charge in [0.1, 0.15) is 0 Å². The first kappa shape index (κ1) is 15.8. The van der Waals surface area contributed by atoms with Gasteiger partial charge >= 0.3 is 0 Å². The minimum Gasteiger partial charge on any atom is -0.196 e. The summed E-state index contributed by atoms with van der Waals surface area (Å²) < 4.78 is 0.933. The molecule has 1 aromatic carbocycles. The van der Waals surface area contributed by atoms with Crippen molar-refractivity contribution in [3.63, 3.8) is 0 Å². The Morgan fingerprint density at radius 1 is 1.00 bits per heavy atom. The molecule has 5 heteroatoms. The molecule has 0 saturated heterocycles. The second kappa shape index (κ2) is 5.65. The van der Waals surface area contributed by atoms with Crippen LogP contribution in [0.5, 0.6) is 0 Å². The van der Waals surface area contributed by atoms with Gasteiger partial charge in [0, 0.05) is 17.3 Å². The van der Waals surface area contributed by atoms with E-state index in [1.807, 2.05) is 49.4 Å². The van der Waals surface area contributed by atoms with Crippen molar-refractivity contribution in [2.24, 2.45) is 10.8 Å². The molecular formula is C17H11BrN4. The molecule has 22 heavy (non-hydrogen) atoms. The number of rotatable bonds is 1. The second-order valence-corrected chi connectivity index (χ2v) is 6.13. The molecule has 2 rings (SSSR count). The summed E-state index contributed by atoms with van der Waals surface area (Å²) in [6, 6.07) is 13.4. The van der Waals surface area contributed by atoms with E-state index in [1.165, 1.54) is 0 Å². The van der Waals surface area contributed by atoms with Crippen molar-refractivity contribution in [1.82, 2.24) is 0 Å². The third kappa shape index (κ3) is 2.08. The molecule has 1 aliphatic rings. The van der Waals surface area contributed by atoms with E-state index in [1.54, 1.807) is 6.08 Å². The molecule has 4 nitrogen and oxygen atoms in total. The van der Waals surface area contributed by atoms with Gasteiger partial charge in [-0.1, -0.05) is 34.1 Å². The first-order valence-electron chi connectivity index (χ1n) is 6.59. The van der Waals surface area contributed by atoms with E-state index in [4.69, 9.17) is 0 Å². The lowest BCUT2D eigenvalue weighted by atomic mass is 9.58. The number of allylic oxidation sites excluding steroid dienone is 2. The fraction of sp³-hybridized carbons (Fsp3) is 0.294. The number of hydrogen-bond acceptors (Lipinski definition) is 4. The van der Waals surface area contributed by atoms with Gasteiger partial charge in [0.05, 0.1) is 24.3 Å². The highest BCUT2D eigenvalue weighted by atomic mass is 79.9. The summed E-state index contributed by atoms with van der Waals surface area (Å²) in [4.78, 5) is 0. The van der Waals surface area contributed by atoms with Crippen molar-refractivity contribution >= 4 is 21.5 Å². The molecule has 106 valence electrons. The minimum absolute atomic E-state index is 0.0679. The van der Waals surface area contributed by atoms with Gasteiger partial charge in [0.25, 0.3) is 0 Å². The summed E-state index contributed by atoms with van der Waals surface area (Å²) in [5.41, 5.74) is -0.536. The average molecular weight is 351 g/mol. The fourth-order valence-corrected chi connectivity index (χ4v) is 3.09. The molecule has 0 aromatic heterocycles. The van der Waals surface area contributed by atoms with Crippen molar-refractivity contribution in [3.05, 3.63) is 39.9 Å². The maximum Gasteiger partial charge on any atom is 0.179 e. The van der Waals surface area contributed by atoms with Gasteiger partial charge in [-0.2, -0.15) is 21.0 Å². The zero-order chi connectivity index (χ0) is 16.4. The topological polar surface area (TPSA) is 95.2 Å². The Kier molecular flexibility index (Phi) is 4.05. The highest BCUT2D eigenvalue weighted by Gasteiger charge is 2.56. The SMILES string of the molecule is Cc1c(Br)cccc1C1=CCC(C#N)(C#N)C(C#N)(C#N)C1. The summed E-state index contributed by atoms with van der Waals surface area (Å²) >= 11 is 3.46. The molecule has 0 aliphatic heterocycles. The Morgan fingerprint density at radius 3 is 2.14 bits per heavy atom. The van der Waals surface area contributed by atoms with Gasteiger partial charge in [-0.3, -0.25) is 0 Å². The van der Waals surface area contributed by atoms with E-state index in [-0.39, 0.29) is 12.8 Å². The third-order valence-electron chi connectivity index (χ3n) is 4.22. The Hall–Kier alpha value is -2.60. The molecule has 0 unspecified atom stereocenters. The van der Waals surface area contributed by atoms with Crippen LogP contribution in [0.1, 0.15) is 24.0 Å². The highest BCUT2D eigenvalue weighted by Crippen LogP contribution is 2.51. The van der Waals surface area contributed by atoms with Crippen LogP contribution in [-0.2, 0) is 0 Å². The van der Waals surface area contributed by atoms with Gasteiger partial charge in [-0.25, -0.2) is 0 Å². The summed E-state index contributed by atoms with van der Waals surface area (Å²) in [5, 5.41) is 37.8. The van der Waals surface area contributed by atoms with Crippen LogP contribution >= 0.6 is 15.9 Å². The largest absolute Gasteiger partial charge is 0.196 e. The van der Waals surface area contributed by atoms with Crippen LogP contribution in [-0.4, -0.2) is 0 Å². The van der Waals surface area contributed by atoms with Gasteiger partial charge in [0.2, 0.25) is 0 Å². The Labute approximate surface area is 137 Å². The highest BCUT2D eigenvalue weighted by molar-refractivity contribution is 9.10. The predicted molar refractivity (Wildman–Crippen MR) is 83.4 cm³/mol. The Bertz CT molecular complexity index is 796.